The molecule has 0 radical (unpaired) electrons. The molecule has 1 aromatic carbocycles. The van der Waals surface area contributed by atoms with Crippen molar-refractivity contribution >= 4 is 23.2 Å². The normalized spacial score (nSPS) is 10.6. The van der Waals surface area contributed by atoms with Crippen molar-refractivity contribution < 1.29 is 0 Å². The molecule has 15 heavy (non-hydrogen) atoms. The number of hydrogen-bond donors (Lipinski definition) is 1. The van der Waals surface area contributed by atoms with E-state index in [1.54, 1.807) is 23.0 Å². The topological polar surface area (TPSA) is 56.7 Å². The maximum absolute atomic E-state index is 6.03. The van der Waals surface area contributed by atoms with E-state index in [2.05, 4.69) is 10.3 Å². The van der Waals surface area contributed by atoms with Crippen molar-refractivity contribution in [2.24, 2.45) is 5.73 Å². The molecule has 0 spiro atoms. The largest absolute Gasteiger partial charge is 0.325 e. The van der Waals surface area contributed by atoms with Crippen LogP contribution in [-0.2, 0) is 6.54 Å². The molecule has 0 aliphatic heterocycles. The predicted octanol–water partition coefficient (Wildman–Crippen LogP) is 2.03. The first-order chi connectivity index (χ1) is 7.22. The van der Waals surface area contributed by atoms with Gasteiger partial charge in [-0.1, -0.05) is 34.5 Å². The molecule has 4 nitrogen and oxygen atoms in total. The van der Waals surface area contributed by atoms with Gasteiger partial charge in [0.25, 0.3) is 0 Å². The van der Waals surface area contributed by atoms with Crippen molar-refractivity contribution in [3.63, 3.8) is 0 Å². The summed E-state index contributed by atoms with van der Waals surface area (Å²) in [6.07, 6.45) is 1.72. The van der Waals surface area contributed by atoms with E-state index in [0.717, 1.165) is 0 Å². The summed E-state index contributed by atoms with van der Waals surface area (Å²) in [4.78, 5) is 0. The zero-order valence-corrected chi connectivity index (χ0v) is 9.20. The Labute approximate surface area is 96.6 Å². The molecule has 2 N–H and O–H groups in total. The van der Waals surface area contributed by atoms with Gasteiger partial charge in [-0.25, -0.2) is 4.68 Å². The molecule has 6 heteroatoms. The summed E-state index contributed by atoms with van der Waals surface area (Å²) < 4.78 is 1.55. The van der Waals surface area contributed by atoms with Gasteiger partial charge in [-0.15, -0.1) is 5.10 Å². The molecular weight excluding hydrogens is 235 g/mol. The van der Waals surface area contributed by atoms with Crippen LogP contribution in [0.2, 0.25) is 10.0 Å². The van der Waals surface area contributed by atoms with Gasteiger partial charge in [0.1, 0.15) is 0 Å². The lowest BCUT2D eigenvalue weighted by atomic mass is 10.3. The fourth-order valence-corrected chi connectivity index (χ4v) is 1.56. The third kappa shape index (κ3) is 1.97. The minimum atomic E-state index is 0.345. The summed E-state index contributed by atoms with van der Waals surface area (Å²) in [5, 5.41) is 8.71. The van der Waals surface area contributed by atoms with E-state index in [4.69, 9.17) is 28.9 Å². The van der Waals surface area contributed by atoms with Crippen molar-refractivity contribution in [3.8, 4) is 5.69 Å². The lowest BCUT2D eigenvalue weighted by Crippen LogP contribution is -1.96. The number of nitrogens with two attached hydrogens (primary N) is 1. The monoisotopic (exact) mass is 242 g/mol. The molecule has 0 fully saturated rings. The minimum Gasteiger partial charge on any atom is -0.325 e. The molecule has 0 aliphatic rings. The van der Waals surface area contributed by atoms with Crippen LogP contribution in [0, 0.1) is 0 Å². The van der Waals surface area contributed by atoms with Gasteiger partial charge < -0.3 is 5.73 Å². The van der Waals surface area contributed by atoms with Gasteiger partial charge in [0, 0.05) is 6.54 Å². The van der Waals surface area contributed by atoms with E-state index in [0.29, 0.717) is 28.0 Å². The molecule has 0 unspecified atom stereocenters. The number of hydrogen-bond acceptors (Lipinski definition) is 3. The van der Waals surface area contributed by atoms with Gasteiger partial charge in [-0.05, 0) is 12.1 Å². The molecule has 0 atom stereocenters. The zero-order valence-electron chi connectivity index (χ0n) is 7.69. The Bertz CT molecular complexity index is 481. The molecule has 0 bridgehead atoms. The van der Waals surface area contributed by atoms with Crippen LogP contribution in [0.1, 0.15) is 5.69 Å². The van der Waals surface area contributed by atoms with Gasteiger partial charge in [0.05, 0.1) is 27.6 Å². The van der Waals surface area contributed by atoms with Gasteiger partial charge in [0.15, 0.2) is 0 Å². The Kier molecular flexibility index (Phi) is 2.90. The summed E-state index contributed by atoms with van der Waals surface area (Å²) in [5.74, 6) is 0. The molecule has 1 heterocycles. The van der Waals surface area contributed by atoms with Crippen LogP contribution in [0.3, 0.4) is 0 Å². The number of benzene rings is 1. The second kappa shape index (κ2) is 4.18. The molecule has 0 aliphatic carbocycles. The highest BCUT2D eigenvalue weighted by atomic mass is 35.5. The molecule has 2 aromatic rings. The first kappa shape index (κ1) is 10.4. The van der Waals surface area contributed by atoms with Crippen molar-refractivity contribution in [1.29, 1.82) is 0 Å². The van der Waals surface area contributed by atoms with Crippen molar-refractivity contribution in [3.05, 3.63) is 40.1 Å². The van der Waals surface area contributed by atoms with E-state index in [1.165, 1.54) is 0 Å². The maximum Gasteiger partial charge on any atom is 0.0967 e. The highest BCUT2D eigenvalue weighted by Crippen LogP contribution is 2.27. The predicted molar refractivity (Wildman–Crippen MR) is 59.3 cm³/mol. The lowest BCUT2D eigenvalue weighted by molar-refractivity contribution is 0.797. The summed E-state index contributed by atoms with van der Waals surface area (Å²) in [7, 11) is 0. The van der Waals surface area contributed by atoms with Crippen LogP contribution in [0.15, 0.2) is 24.4 Å². The molecule has 78 valence electrons. The van der Waals surface area contributed by atoms with Crippen LogP contribution < -0.4 is 5.73 Å². The van der Waals surface area contributed by atoms with Crippen LogP contribution in [0.4, 0.5) is 0 Å². The SMILES string of the molecule is NCc1cn(-c2cccc(Cl)c2Cl)nn1. The molecule has 1 aromatic heterocycles. The fraction of sp³-hybridized carbons (Fsp3) is 0.111. The standard InChI is InChI=1S/C9H8Cl2N4/c10-7-2-1-3-8(9(7)11)15-5-6(4-12)13-14-15/h1-3,5H,4,12H2. The van der Waals surface area contributed by atoms with E-state index in [9.17, 15) is 0 Å². The van der Waals surface area contributed by atoms with E-state index < -0.39 is 0 Å². The van der Waals surface area contributed by atoms with Crippen molar-refractivity contribution in [2.45, 2.75) is 6.54 Å². The molecule has 0 saturated carbocycles. The second-order valence-corrected chi connectivity index (χ2v) is 3.72. The maximum atomic E-state index is 6.03. The third-order valence-electron chi connectivity index (χ3n) is 1.93. The highest BCUT2D eigenvalue weighted by molar-refractivity contribution is 6.43. The molecule has 0 amide bonds. The van der Waals surface area contributed by atoms with Gasteiger partial charge >= 0.3 is 0 Å². The molecule has 2 rings (SSSR count). The highest BCUT2D eigenvalue weighted by Gasteiger charge is 2.08. The van der Waals surface area contributed by atoms with E-state index in [1.807, 2.05) is 6.07 Å². The smallest absolute Gasteiger partial charge is 0.0967 e. The number of nitrogens with zero attached hydrogens (tertiary/aromatic N) is 3. The Morgan fingerprint density at radius 1 is 1.33 bits per heavy atom. The number of halogens is 2. The van der Waals surface area contributed by atoms with Crippen molar-refractivity contribution in [2.75, 3.05) is 0 Å². The van der Waals surface area contributed by atoms with E-state index in [-0.39, 0.29) is 0 Å². The zero-order chi connectivity index (χ0) is 10.8. The lowest BCUT2D eigenvalue weighted by Gasteiger charge is -2.03. The van der Waals surface area contributed by atoms with Gasteiger partial charge in [-0.3, -0.25) is 0 Å². The Balaban J connectivity index is 2.49. The van der Waals surface area contributed by atoms with E-state index >= 15 is 0 Å². The summed E-state index contributed by atoms with van der Waals surface area (Å²) in [5.41, 5.74) is 6.83. The van der Waals surface area contributed by atoms with Crippen LogP contribution in [0.5, 0.6) is 0 Å². The summed E-state index contributed by atoms with van der Waals surface area (Å²) in [6.45, 7) is 0.345. The minimum absolute atomic E-state index is 0.345. The fourth-order valence-electron chi connectivity index (χ4n) is 1.18. The number of rotatable bonds is 2. The van der Waals surface area contributed by atoms with Crippen LogP contribution in [0.25, 0.3) is 5.69 Å². The Morgan fingerprint density at radius 3 is 2.80 bits per heavy atom. The number of aromatic nitrogens is 3. The summed E-state index contributed by atoms with van der Waals surface area (Å²) in [6, 6.07) is 5.32. The first-order valence-electron chi connectivity index (χ1n) is 4.28. The quantitative estimate of drug-likeness (QED) is 0.877. The van der Waals surface area contributed by atoms with Gasteiger partial charge in [0.2, 0.25) is 0 Å². The van der Waals surface area contributed by atoms with Gasteiger partial charge in [-0.2, -0.15) is 0 Å². The van der Waals surface area contributed by atoms with Crippen LogP contribution in [-0.4, -0.2) is 15.0 Å². The average Bonchev–Trinajstić information content (AvgIpc) is 2.70. The van der Waals surface area contributed by atoms with Crippen molar-refractivity contribution in [1.82, 2.24) is 15.0 Å². The van der Waals surface area contributed by atoms with Crippen LogP contribution >= 0.6 is 23.2 Å². The molecular formula is C9H8Cl2N4. The summed E-state index contributed by atoms with van der Waals surface area (Å²) >= 11 is 11.9. The second-order valence-electron chi connectivity index (χ2n) is 2.93. The first-order valence-corrected chi connectivity index (χ1v) is 5.03. The third-order valence-corrected chi connectivity index (χ3v) is 2.74. The average molecular weight is 243 g/mol. The Morgan fingerprint density at radius 2 is 2.13 bits per heavy atom. The Hall–Kier alpha value is -1.10. The molecule has 0 saturated heterocycles.